The molecule has 0 aliphatic heterocycles. The quantitative estimate of drug-likeness (QED) is 0.466. The van der Waals surface area contributed by atoms with Gasteiger partial charge in [0.1, 0.15) is 17.3 Å². The number of halogens is 3. The molecule has 0 aromatic heterocycles. The Morgan fingerprint density at radius 1 is 0.938 bits per heavy atom. The molecule has 32 heavy (non-hydrogen) atoms. The van der Waals surface area contributed by atoms with Gasteiger partial charge in [-0.1, -0.05) is 29.3 Å². The van der Waals surface area contributed by atoms with E-state index in [4.69, 9.17) is 32.7 Å². The molecule has 7 nitrogen and oxygen atoms in total. The van der Waals surface area contributed by atoms with Crippen LogP contribution in [0.4, 0.5) is 15.8 Å². The van der Waals surface area contributed by atoms with Gasteiger partial charge in [-0.15, -0.1) is 0 Å². The lowest BCUT2D eigenvalue weighted by Gasteiger charge is -2.15. The van der Waals surface area contributed by atoms with Gasteiger partial charge in [-0.3, -0.25) is 9.52 Å². The molecule has 3 rings (SSSR count). The lowest BCUT2D eigenvalue weighted by Crippen LogP contribution is -2.16. The Bertz CT molecular complexity index is 1290. The molecule has 0 aliphatic rings. The van der Waals surface area contributed by atoms with Crippen LogP contribution in [0.2, 0.25) is 10.0 Å². The molecule has 0 atom stereocenters. The standard InChI is InChI=1S/C21H17Cl2FN2O5S/c1-30-19-11-18(20(31-2)10-15(19)23)26-32(28,29)14-6-7-17(16(24)9-14)25-21(27)12-4-3-5-13(22)8-12/h3-11,26H,1-2H3,(H,25,27). The molecule has 1 amide bonds. The molecule has 0 spiro atoms. The molecule has 11 heteroatoms. The minimum absolute atomic E-state index is 0.0486. The van der Waals surface area contributed by atoms with Crippen molar-refractivity contribution in [2.75, 3.05) is 24.3 Å². The van der Waals surface area contributed by atoms with Crippen molar-refractivity contribution in [3.63, 3.8) is 0 Å². The van der Waals surface area contributed by atoms with Gasteiger partial charge in [0.25, 0.3) is 15.9 Å². The summed E-state index contributed by atoms with van der Waals surface area (Å²) in [6.07, 6.45) is 0. The van der Waals surface area contributed by atoms with Crippen molar-refractivity contribution >= 4 is 50.5 Å². The van der Waals surface area contributed by atoms with E-state index in [0.29, 0.717) is 5.02 Å². The molecule has 0 saturated heterocycles. The van der Waals surface area contributed by atoms with Crippen molar-refractivity contribution in [2.24, 2.45) is 0 Å². The van der Waals surface area contributed by atoms with Gasteiger partial charge in [-0.25, -0.2) is 12.8 Å². The average molecular weight is 499 g/mol. The normalized spacial score (nSPS) is 11.0. The fourth-order valence-electron chi connectivity index (χ4n) is 2.73. The first-order valence-electron chi connectivity index (χ1n) is 8.95. The molecular weight excluding hydrogens is 482 g/mol. The summed E-state index contributed by atoms with van der Waals surface area (Å²) in [5.74, 6) is -1.18. The number of nitrogens with one attached hydrogen (secondary N) is 2. The van der Waals surface area contributed by atoms with Crippen LogP contribution in [0.1, 0.15) is 10.4 Å². The summed E-state index contributed by atoms with van der Waals surface area (Å²) in [7, 11) is -1.50. The number of benzene rings is 3. The van der Waals surface area contributed by atoms with Crippen LogP contribution in [0.5, 0.6) is 11.5 Å². The van der Waals surface area contributed by atoms with Gasteiger partial charge in [0.05, 0.1) is 35.5 Å². The second-order valence-electron chi connectivity index (χ2n) is 6.40. The summed E-state index contributed by atoms with van der Waals surface area (Å²) >= 11 is 11.9. The Labute approximate surface area is 194 Å². The maximum Gasteiger partial charge on any atom is 0.262 e. The number of ether oxygens (including phenoxy) is 2. The van der Waals surface area contributed by atoms with Crippen molar-refractivity contribution in [3.8, 4) is 11.5 Å². The highest BCUT2D eigenvalue weighted by atomic mass is 35.5. The number of anilines is 2. The van der Waals surface area contributed by atoms with Crippen LogP contribution in [0.25, 0.3) is 0 Å². The van der Waals surface area contributed by atoms with Crippen molar-refractivity contribution in [2.45, 2.75) is 4.90 Å². The monoisotopic (exact) mass is 498 g/mol. The second kappa shape index (κ2) is 9.64. The molecule has 3 aromatic carbocycles. The lowest BCUT2D eigenvalue weighted by atomic mass is 10.2. The fraction of sp³-hybridized carbons (Fsp3) is 0.0952. The molecule has 0 heterocycles. The summed E-state index contributed by atoms with van der Waals surface area (Å²) in [4.78, 5) is 11.9. The number of sulfonamides is 1. The SMILES string of the molecule is COc1cc(NS(=O)(=O)c2ccc(NC(=O)c3cccc(Cl)c3)c(F)c2)c(OC)cc1Cl. The van der Waals surface area contributed by atoms with E-state index in [2.05, 4.69) is 10.0 Å². The third-order valence-electron chi connectivity index (χ3n) is 4.30. The minimum atomic E-state index is -4.21. The van der Waals surface area contributed by atoms with Gasteiger partial charge < -0.3 is 14.8 Å². The van der Waals surface area contributed by atoms with E-state index in [9.17, 15) is 17.6 Å². The third kappa shape index (κ3) is 5.24. The van der Waals surface area contributed by atoms with Gasteiger partial charge in [0.2, 0.25) is 0 Å². The molecule has 0 aliphatic carbocycles. The van der Waals surface area contributed by atoms with Crippen LogP contribution >= 0.6 is 23.2 Å². The number of carbonyl (C=O) groups is 1. The smallest absolute Gasteiger partial charge is 0.262 e. The number of methoxy groups -OCH3 is 2. The topological polar surface area (TPSA) is 93.7 Å². The average Bonchev–Trinajstić information content (AvgIpc) is 2.75. The van der Waals surface area contributed by atoms with Crippen LogP contribution in [-0.4, -0.2) is 28.5 Å². The maximum atomic E-state index is 14.6. The van der Waals surface area contributed by atoms with Gasteiger partial charge in [0.15, 0.2) is 0 Å². The Morgan fingerprint density at radius 2 is 1.66 bits per heavy atom. The van der Waals surface area contributed by atoms with E-state index in [1.165, 1.54) is 38.5 Å². The van der Waals surface area contributed by atoms with E-state index in [0.717, 1.165) is 18.2 Å². The number of hydrogen-bond donors (Lipinski definition) is 2. The number of hydrogen-bond acceptors (Lipinski definition) is 5. The van der Waals surface area contributed by atoms with Gasteiger partial charge >= 0.3 is 0 Å². The molecule has 0 bridgehead atoms. The van der Waals surface area contributed by atoms with Crippen molar-refractivity contribution in [1.29, 1.82) is 0 Å². The lowest BCUT2D eigenvalue weighted by molar-refractivity contribution is 0.102. The Hall–Kier alpha value is -3.01. The number of amides is 1. The van der Waals surface area contributed by atoms with E-state index >= 15 is 0 Å². The van der Waals surface area contributed by atoms with Crippen molar-refractivity contribution < 1.29 is 27.1 Å². The van der Waals surface area contributed by atoms with E-state index < -0.39 is 21.7 Å². The first-order valence-corrected chi connectivity index (χ1v) is 11.2. The Kier molecular flexibility index (Phi) is 7.12. The fourth-order valence-corrected chi connectivity index (χ4v) is 4.23. The van der Waals surface area contributed by atoms with E-state index in [1.54, 1.807) is 12.1 Å². The summed E-state index contributed by atoms with van der Waals surface area (Å²) in [5.41, 5.74) is 0.0752. The Morgan fingerprint density at radius 3 is 2.28 bits per heavy atom. The first-order chi connectivity index (χ1) is 15.1. The zero-order valence-corrected chi connectivity index (χ0v) is 19.1. The van der Waals surface area contributed by atoms with Crippen LogP contribution in [0.3, 0.4) is 0 Å². The molecule has 168 valence electrons. The predicted octanol–water partition coefficient (Wildman–Crippen LogP) is 5.20. The van der Waals surface area contributed by atoms with E-state index in [1.807, 2.05) is 0 Å². The molecule has 0 fully saturated rings. The maximum absolute atomic E-state index is 14.6. The van der Waals surface area contributed by atoms with Crippen LogP contribution < -0.4 is 19.5 Å². The molecule has 2 N–H and O–H groups in total. The first kappa shape index (κ1) is 23.6. The van der Waals surface area contributed by atoms with E-state index in [-0.39, 0.29) is 38.4 Å². The molecule has 3 aromatic rings. The zero-order valence-electron chi connectivity index (χ0n) is 16.8. The predicted molar refractivity (Wildman–Crippen MR) is 121 cm³/mol. The summed E-state index contributed by atoms with van der Waals surface area (Å²) < 4.78 is 52.7. The second-order valence-corrected chi connectivity index (χ2v) is 8.92. The van der Waals surface area contributed by atoms with Crippen molar-refractivity contribution in [1.82, 2.24) is 0 Å². The van der Waals surface area contributed by atoms with Gasteiger partial charge in [-0.2, -0.15) is 0 Å². The third-order valence-corrected chi connectivity index (χ3v) is 6.20. The van der Waals surface area contributed by atoms with Crippen LogP contribution in [-0.2, 0) is 10.0 Å². The summed E-state index contributed by atoms with van der Waals surface area (Å²) in [5, 5.41) is 2.95. The highest BCUT2D eigenvalue weighted by Gasteiger charge is 2.21. The Balaban J connectivity index is 1.86. The largest absolute Gasteiger partial charge is 0.495 e. The molecule has 0 radical (unpaired) electrons. The van der Waals surface area contributed by atoms with Crippen LogP contribution in [0.15, 0.2) is 59.5 Å². The minimum Gasteiger partial charge on any atom is -0.495 e. The highest BCUT2D eigenvalue weighted by Crippen LogP contribution is 2.37. The zero-order chi connectivity index (χ0) is 23.5. The number of rotatable bonds is 7. The molecule has 0 unspecified atom stereocenters. The number of carbonyl (C=O) groups excluding carboxylic acids is 1. The van der Waals surface area contributed by atoms with Gasteiger partial charge in [0, 0.05) is 22.7 Å². The molecular formula is C21H17Cl2FN2O5S. The summed E-state index contributed by atoms with van der Waals surface area (Å²) in [6, 6.07) is 11.9. The van der Waals surface area contributed by atoms with Crippen molar-refractivity contribution in [3.05, 3.63) is 76.0 Å². The molecule has 0 saturated carbocycles. The van der Waals surface area contributed by atoms with Gasteiger partial charge in [-0.05, 0) is 36.4 Å². The van der Waals surface area contributed by atoms with Crippen LogP contribution in [0, 0.1) is 5.82 Å². The summed E-state index contributed by atoms with van der Waals surface area (Å²) in [6.45, 7) is 0. The highest BCUT2D eigenvalue weighted by molar-refractivity contribution is 7.92.